The summed E-state index contributed by atoms with van der Waals surface area (Å²) < 4.78 is 4.91. The number of ether oxygens (including phenoxy) is 1. The fourth-order valence-electron chi connectivity index (χ4n) is 1.02. The Morgan fingerprint density at radius 3 is 3.07 bits per heavy atom. The number of hydrogen-bond donors (Lipinski definition) is 1. The molecule has 0 aliphatic rings. The highest BCUT2D eigenvalue weighted by atomic mass is 16.5. The Morgan fingerprint density at radius 1 is 1.64 bits per heavy atom. The van der Waals surface area contributed by atoms with Crippen molar-refractivity contribution < 1.29 is 9.84 Å². The van der Waals surface area contributed by atoms with Gasteiger partial charge in [0, 0.05) is 12.5 Å². The molecule has 0 bridgehead atoms. The van der Waals surface area contributed by atoms with Crippen LogP contribution in [-0.4, -0.2) is 22.2 Å². The molecular weight excluding hydrogens is 180 g/mol. The third-order valence-electron chi connectivity index (χ3n) is 1.78. The molecule has 0 aromatic carbocycles. The number of terminal acetylenes is 1. The summed E-state index contributed by atoms with van der Waals surface area (Å²) in [6.07, 6.45) is 6.81. The fraction of sp³-hybridized carbons (Fsp3) is 0.400. The van der Waals surface area contributed by atoms with Crippen molar-refractivity contribution in [2.45, 2.75) is 18.9 Å². The number of hydrogen-bond acceptors (Lipinski definition) is 4. The van der Waals surface area contributed by atoms with Gasteiger partial charge in [0.15, 0.2) is 0 Å². The van der Waals surface area contributed by atoms with Crippen molar-refractivity contribution in [2.75, 3.05) is 7.11 Å². The summed E-state index contributed by atoms with van der Waals surface area (Å²) in [5.41, 5.74) is 0.534. The number of methoxy groups -OCH3 is 1. The van der Waals surface area contributed by atoms with Gasteiger partial charge >= 0.3 is 0 Å². The molecule has 1 aromatic heterocycles. The summed E-state index contributed by atoms with van der Waals surface area (Å²) in [5.74, 6) is 2.90. The van der Waals surface area contributed by atoms with Gasteiger partial charge in [-0.2, -0.15) is 0 Å². The van der Waals surface area contributed by atoms with Crippen LogP contribution < -0.4 is 4.74 Å². The third-order valence-corrected chi connectivity index (χ3v) is 1.78. The molecule has 0 aliphatic carbocycles. The van der Waals surface area contributed by atoms with E-state index in [1.54, 1.807) is 6.07 Å². The molecule has 4 nitrogen and oxygen atoms in total. The zero-order valence-electron chi connectivity index (χ0n) is 7.97. The zero-order valence-corrected chi connectivity index (χ0v) is 7.97. The second-order valence-corrected chi connectivity index (χ2v) is 2.74. The molecule has 14 heavy (non-hydrogen) atoms. The second-order valence-electron chi connectivity index (χ2n) is 2.74. The Balaban J connectivity index is 2.70. The standard InChI is InChI=1S/C10H12N2O2/c1-3-4-5-9(13)8-6-10(14-2)12-7-11-8/h1,6-7,9,13H,4-5H2,2H3. The van der Waals surface area contributed by atoms with Gasteiger partial charge in [-0.05, 0) is 6.42 Å². The van der Waals surface area contributed by atoms with Crippen molar-refractivity contribution in [3.63, 3.8) is 0 Å². The molecule has 1 heterocycles. The highest BCUT2D eigenvalue weighted by Gasteiger charge is 2.09. The molecule has 0 saturated carbocycles. The summed E-state index contributed by atoms with van der Waals surface area (Å²) in [4.78, 5) is 7.77. The minimum Gasteiger partial charge on any atom is -0.481 e. The van der Waals surface area contributed by atoms with E-state index in [1.165, 1.54) is 13.4 Å². The van der Waals surface area contributed by atoms with E-state index in [9.17, 15) is 5.11 Å². The molecule has 1 atom stereocenters. The van der Waals surface area contributed by atoms with Crippen molar-refractivity contribution in [2.24, 2.45) is 0 Å². The lowest BCUT2D eigenvalue weighted by atomic mass is 10.1. The molecule has 0 saturated heterocycles. The quantitative estimate of drug-likeness (QED) is 0.721. The SMILES string of the molecule is C#CCCC(O)c1cc(OC)ncn1. The first-order valence-electron chi connectivity index (χ1n) is 4.25. The van der Waals surface area contributed by atoms with Crippen molar-refractivity contribution >= 4 is 0 Å². The predicted molar refractivity (Wildman–Crippen MR) is 51.6 cm³/mol. The first-order chi connectivity index (χ1) is 6.77. The van der Waals surface area contributed by atoms with Gasteiger partial charge in [0.05, 0.1) is 18.9 Å². The summed E-state index contributed by atoms with van der Waals surface area (Å²) >= 11 is 0. The van der Waals surface area contributed by atoms with Crippen LogP contribution in [0.2, 0.25) is 0 Å². The highest BCUT2D eigenvalue weighted by molar-refractivity contribution is 5.15. The van der Waals surface area contributed by atoms with Gasteiger partial charge in [-0.15, -0.1) is 12.3 Å². The maximum atomic E-state index is 9.63. The Bertz CT molecular complexity index is 333. The summed E-state index contributed by atoms with van der Waals surface area (Å²) in [7, 11) is 1.51. The third kappa shape index (κ3) is 2.71. The molecule has 0 amide bonds. The minimum absolute atomic E-state index is 0.440. The predicted octanol–water partition coefficient (Wildman–Crippen LogP) is 0.932. The molecule has 0 spiro atoms. The van der Waals surface area contributed by atoms with Gasteiger partial charge in [-0.1, -0.05) is 0 Å². The Morgan fingerprint density at radius 2 is 2.43 bits per heavy atom. The van der Waals surface area contributed by atoms with E-state index in [0.29, 0.717) is 24.4 Å². The molecule has 74 valence electrons. The number of nitrogens with zero attached hydrogens (tertiary/aromatic N) is 2. The summed E-state index contributed by atoms with van der Waals surface area (Å²) in [5, 5.41) is 9.63. The molecule has 1 aromatic rings. The van der Waals surface area contributed by atoms with Crippen LogP contribution in [0.4, 0.5) is 0 Å². The van der Waals surface area contributed by atoms with Gasteiger partial charge in [-0.25, -0.2) is 9.97 Å². The second kappa shape index (κ2) is 5.20. The molecule has 0 radical (unpaired) electrons. The normalized spacial score (nSPS) is 11.8. The van der Waals surface area contributed by atoms with Gasteiger partial charge < -0.3 is 9.84 Å². The maximum Gasteiger partial charge on any atom is 0.216 e. The highest BCUT2D eigenvalue weighted by Crippen LogP contribution is 2.17. The van der Waals surface area contributed by atoms with Gasteiger partial charge in [0.2, 0.25) is 5.88 Å². The average Bonchev–Trinajstić information content (AvgIpc) is 2.26. The molecule has 0 aliphatic heterocycles. The minimum atomic E-state index is -0.650. The van der Waals surface area contributed by atoms with Gasteiger partial charge in [-0.3, -0.25) is 0 Å². The van der Waals surface area contributed by atoms with Crippen molar-refractivity contribution in [1.82, 2.24) is 9.97 Å². The van der Waals surface area contributed by atoms with Crippen LogP contribution in [-0.2, 0) is 0 Å². The van der Waals surface area contributed by atoms with Crippen LogP contribution in [0.25, 0.3) is 0 Å². The molecule has 4 heteroatoms. The monoisotopic (exact) mass is 192 g/mol. The lowest BCUT2D eigenvalue weighted by Gasteiger charge is -2.08. The van der Waals surface area contributed by atoms with Crippen LogP contribution in [0.5, 0.6) is 5.88 Å². The zero-order chi connectivity index (χ0) is 10.4. The van der Waals surface area contributed by atoms with E-state index in [4.69, 9.17) is 11.2 Å². The maximum absolute atomic E-state index is 9.63. The molecule has 0 fully saturated rings. The average molecular weight is 192 g/mol. The summed E-state index contributed by atoms with van der Waals surface area (Å²) in [6.45, 7) is 0. The van der Waals surface area contributed by atoms with Crippen molar-refractivity contribution in [3.8, 4) is 18.2 Å². The number of rotatable bonds is 4. The molecular formula is C10H12N2O2. The fourth-order valence-corrected chi connectivity index (χ4v) is 1.02. The Kier molecular flexibility index (Phi) is 3.89. The first kappa shape index (κ1) is 10.5. The largest absolute Gasteiger partial charge is 0.481 e. The van der Waals surface area contributed by atoms with E-state index in [2.05, 4.69) is 15.9 Å². The van der Waals surface area contributed by atoms with Crippen LogP contribution in [0.3, 0.4) is 0 Å². The molecule has 1 N–H and O–H groups in total. The van der Waals surface area contributed by atoms with Crippen LogP contribution in [0, 0.1) is 12.3 Å². The number of aliphatic hydroxyl groups is 1. The number of aliphatic hydroxyl groups excluding tert-OH is 1. The van der Waals surface area contributed by atoms with Crippen molar-refractivity contribution in [3.05, 3.63) is 18.1 Å². The lowest BCUT2D eigenvalue weighted by Crippen LogP contribution is -2.01. The van der Waals surface area contributed by atoms with E-state index in [1.807, 2.05) is 0 Å². The van der Waals surface area contributed by atoms with Gasteiger partial charge in [0.25, 0.3) is 0 Å². The van der Waals surface area contributed by atoms with Crippen LogP contribution in [0.1, 0.15) is 24.6 Å². The molecule has 1 unspecified atom stereocenters. The topological polar surface area (TPSA) is 55.2 Å². The van der Waals surface area contributed by atoms with E-state index >= 15 is 0 Å². The lowest BCUT2D eigenvalue weighted by molar-refractivity contribution is 0.164. The summed E-state index contributed by atoms with van der Waals surface area (Å²) in [6, 6.07) is 1.60. The van der Waals surface area contributed by atoms with E-state index in [-0.39, 0.29) is 0 Å². The van der Waals surface area contributed by atoms with E-state index < -0.39 is 6.10 Å². The first-order valence-corrected chi connectivity index (χ1v) is 4.25. The van der Waals surface area contributed by atoms with Crippen LogP contribution in [0.15, 0.2) is 12.4 Å². The van der Waals surface area contributed by atoms with Crippen molar-refractivity contribution in [1.29, 1.82) is 0 Å². The van der Waals surface area contributed by atoms with E-state index in [0.717, 1.165) is 0 Å². The van der Waals surface area contributed by atoms with Gasteiger partial charge in [0.1, 0.15) is 6.33 Å². The Labute approximate surface area is 83.0 Å². The Hall–Kier alpha value is -1.60. The van der Waals surface area contributed by atoms with Crippen LogP contribution >= 0.6 is 0 Å². The molecule has 1 rings (SSSR count). The number of aromatic nitrogens is 2. The smallest absolute Gasteiger partial charge is 0.216 e.